The molecule has 0 radical (unpaired) electrons. The van der Waals surface area contributed by atoms with Gasteiger partial charge in [-0.1, -0.05) is 13.8 Å². The Labute approximate surface area is 139 Å². The molecule has 0 atom stereocenters. The van der Waals surface area contributed by atoms with E-state index in [1.165, 1.54) is 6.07 Å². The molecule has 2 aliphatic rings. The molecule has 4 nitrogen and oxygen atoms in total. The zero-order valence-electron chi connectivity index (χ0n) is 13.8. The lowest BCUT2D eigenvalue weighted by molar-refractivity contribution is -0.153. The molecule has 1 aromatic heterocycles. The number of nitrogens with zero attached hydrogens (tertiary/aromatic N) is 2. The summed E-state index contributed by atoms with van der Waals surface area (Å²) in [6.45, 7) is 3.25. The van der Waals surface area contributed by atoms with Gasteiger partial charge in [0.1, 0.15) is 18.1 Å². The number of hydrogen-bond acceptors (Lipinski definition) is 4. The highest BCUT2D eigenvalue weighted by atomic mass is 19.4. The van der Waals surface area contributed by atoms with Gasteiger partial charge in [0.15, 0.2) is 6.61 Å². The van der Waals surface area contributed by atoms with Gasteiger partial charge in [-0.15, -0.1) is 0 Å². The van der Waals surface area contributed by atoms with Gasteiger partial charge in [0.25, 0.3) is 0 Å². The van der Waals surface area contributed by atoms with E-state index in [1.807, 2.05) is 13.8 Å². The lowest BCUT2D eigenvalue weighted by Crippen LogP contribution is -2.25. The van der Waals surface area contributed by atoms with Gasteiger partial charge in [-0.2, -0.15) is 13.2 Å². The van der Waals surface area contributed by atoms with Crippen LogP contribution in [0.25, 0.3) is 0 Å². The van der Waals surface area contributed by atoms with Crippen LogP contribution in [0, 0.1) is 0 Å². The minimum absolute atomic E-state index is 0.233. The van der Waals surface area contributed by atoms with Crippen LogP contribution >= 0.6 is 0 Å². The summed E-state index contributed by atoms with van der Waals surface area (Å²) in [5.74, 6) is 0.862. The minimum Gasteiger partial charge on any atom is -0.484 e. The molecule has 24 heavy (non-hydrogen) atoms. The summed E-state index contributed by atoms with van der Waals surface area (Å²) in [5, 5.41) is 0. The molecule has 2 heterocycles. The fourth-order valence-corrected chi connectivity index (χ4v) is 2.78. The van der Waals surface area contributed by atoms with Gasteiger partial charge in [0.05, 0.1) is 5.54 Å². The summed E-state index contributed by atoms with van der Waals surface area (Å²) in [5.41, 5.74) is 0.901. The molecule has 1 saturated carbocycles. The summed E-state index contributed by atoms with van der Waals surface area (Å²) >= 11 is 0. The van der Waals surface area contributed by atoms with E-state index in [0.29, 0.717) is 18.2 Å². The first-order valence-corrected chi connectivity index (χ1v) is 8.28. The van der Waals surface area contributed by atoms with Crippen molar-refractivity contribution >= 4 is 5.90 Å². The number of hydrogen-bond donors (Lipinski definition) is 0. The van der Waals surface area contributed by atoms with Crippen molar-refractivity contribution in [3.05, 3.63) is 23.5 Å². The van der Waals surface area contributed by atoms with Gasteiger partial charge >= 0.3 is 6.18 Å². The van der Waals surface area contributed by atoms with E-state index in [0.717, 1.165) is 31.2 Å². The highest BCUT2D eigenvalue weighted by Gasteiger charge is 2.35. The topological polar surface area (TPSA) is 43.7 Å². The third-order valence-corrected chi connectivity index (χ3v) is 4.66. The molecule has 1 fully saturated rings. The normalized spacial score (nSPS) is 19.8. The quantitative estimate of drug-likeness (QED) is 0.777. The molecule has 3 rings (SSSR count). The van der Waals surface area contributed by atoms with E-state index in [1.54, 1.807) is 6.20 Å². The summed E-state index contributed by atoms with van der Waals surface area (Å²) in [6, 6.07) is 1.53. The Balaban J connectivity index is 1.87. The first-order valence-electron chi connectivity index (χ1n) is 8.28. The highest BCUT2D eigenvalue weighted by molar-refractivity contribution is 5.94. The monoisotopic (exact) mass is 342 g/mol. The van der Waals surface area contributed by atoms with Crippen molar-refractivity contribution in [2.24, 2.45) is 4.99 Å². The number of alkyl halides is 3. The SMILES string of the molecule is CCC1(CC)COC(c2cc(OCC(F)(F)F)c(C3CC3)cn2)=N1. The van der Waals surface area contributed by atoms with Gasteiger partial charge < -0.3 is 9.47 Å². The van der Waals surface area contributed by atoms with Crippen LogP contribution in [0.15, 0.2) is 17.3 Å². The zero-order valence-corrected chi connectivity index (χ0v) is 13.8. The fourth-order valence-electron chi connectivity index (χ4n) is 2.78. The molecule has 0 bridgehead atoms. The van der Waals surface area contributed by atoms with Crippen molar-refractivity contribution < 1.29 is 22.6 Å². The van der Waals surface area contributed by atoms with Crippen LogP contribution in [0.4, 0.5) is 13.2 Å². The Kier molecular flexibility index (Phi) is 4.44. The van der Waals surface area contributed by atoms with E-state index >= 15 is 0 Å². The van der Waals surface area contributed by atoms with E-state index in [9.17, 15) is 13.2 Å². The number of ether oxygens (including phenoxy) is 2. The van der Waals surface area contributed by atoms with Gasteiger partial charge in [-0.3, -0.25) is 4.98 Å². The predicted molar refractivity (Wildman–Crippen MR) is 83.6 cm³/mol. The molecule has 0 spiro atoms. The first kappa shape index (κ1) is 17.0. The number of aliphatic imine (C=N–C) groups is 1. The Hall–Kier alpha value is -1.79. The van der Waals surface area contributed by atoms with E-state index in [2.05, 4.69) is 9.98 Å². The molecule has 7 heteroatoms. The van der Waals surface area contributed by atoms with Gasteiger partial charge in [-0.25, -0.2) is 4.99 Å². The molecule has 0 aromatic carbocycles. The molecule has 1 aromatic rings. The Bertz CT molecular complexity index is 635. The smallest absolute Gasteiger partial charge is 0.422 e. The maximum absolute atomic E-state index is 12.5. The molecular weight excluding hydrogens is 321 g/mol. The minimum atomic E-state index is -4.37. The predicted octanol–water partition coefficient (Wildman–Crippen LogP) is 4.24. The Morgan fingerprint density at radius 2 is 2.00 bits per heavy atom. The summed E-state index contributed by atoms with van der Waals surface area (Å²) in [4.78, 5) is 8.97. The average Bonchev–Trinajstić information content (AvgIpc) is 3.31. The lowest BCUT2D eigenvalue weighted by atomic mass is 9.96. The number of halogens is 3. The third-order valence-electron chi connectivity index (χ3n) is 4.66. The van der Waals surface area contributed by atoms with Crippen LogP contribution in [0.1, 0.15) is 56.7 Å². The second kappa shape index (κ2) is 6.26. The molecule has 132 valence electrons. The van der Waals surface area contributed by atoms with Crippen molar-refractivity contribution in [1.29, 1.82) is 0 Å². The fraction of sp³-hybridized carbons (Fsp3) is 0.647. The van der Waals surface area contributed by atoms with Crippen molar-refractivity contribution in [2.45, 2.75) is 57.2 Å². The van der Waals surface area contributed by atoms with Gasteiger partial charge in [-0.05, 0) is 31.6 Å². The lowest BCUT2D eigenvalue weighted by Gasteiger charge is -2.18. The average molecular weight is 342 g/mol. The molecular formula is C17H21F3N2O2. The molecule has 0 unspecified atom stereocenters. The number of pyridine rings is 1. The zero-order chi connectivity index (χ0) is 17.4. The summed E-state index contributed by atoms with van der Waals surface area (Å²) < 4.78 is 48.2. The second-order valence-electron chi connectivity index (χ2n) is 6.42. The first-order chi connectivity index (χ1) is 11.4. The summed E-state index contributed by atoms with van der Waals surface area (Å²) in [6.07, 6.45) is 0.814. The maximum Gasteiger partial charge on any atom is 0.422 e. The number of aromatic nitrogens is 1. The van der Waals surface area contributed by atoms with Gasteiger partial charge in [0, 0.05) is 17.8 Å². The van der Waals surface area contributed by atoms with Crippen molar-refractivity contribution in [1.82, 2.24) is 4.98 Å². The highest BCUT2D eigenvalue weighted by Crippen LogP contribution is 2.44. The van der Waals surface area contributed by atoms with Crippen LogP contribution in [0.2, 0.25) is 0 Å². The Morgan fingerprint density at radius 1 is 1.29 bits per heavy atom. The summed E-state index contributed by atoms with van der Waals surface area (Å²) in [7, 11) is 0. The standard InChI is InChI=1S/C17H21F3N2O2/c1-3-16(4-2)9-24-15(22-16)13-7-14(23-10-17(18,19)20)12(8-21-13)11-5-6-11/h7-8,11H,3-6,9-10H2,1-2H3. The molecule has 0 N–H and O–H groups in total. The van der Waals surface area contributed by atoms with Crippen molar-refractivity contribution in [3.8, 4) is 5.75 Å². The largest absolute Gasteiger partial charge is 0.484 e. The molecule has 1 aliphatic carbocycles. The van der Waals surface area contributed by atoms with Crippen LogP contribution in [0.3, 0.4) is 0 Å². The van der Waals surface area contributed by atoms with Crippen molar-refractivity contribution in [3.63, 3.8) is 0 Å². The van der Waals surface area contributed by atoms with Crippen LogP contribution < -0.4 is 4.74 Å². The van der Waals surface area contributed by atoms with Crippen LogP contribution in [-0.2, 0) is 4.74 Å². The number of rotatable bonds is 6. The van der Waals surface area contributed by atoms with E-state index < -0.39 is 12.8 Å². The van der Waals surface area contributed by atoms with Crippen molar-refractivity contribution in [2.75, 3.05) is 13.2 Å². The molecule has 1 aliphatic heterocycles. The second-order valence-corrected chi connectivity index (χ2v) is 6.42. The molecule has 0 saturated heterocycles. The van der Waals surface area contributed by atoms with E-state index in [4.69, 9.17) is 9.47 Å². The molecule has 0 amide bonds. The van der Waals surface area contributed by atoms with Crippen LogP contribution in [-0.4, -0.2) is 35.8 Å². The van der Waals surface area contributed by atoms with Crippen LogP contribution in [0.5, 0.6) is 5.75 Å². The maximum atomic E-state index is 12.5. The Morgan fingerprint density at radius 3 is 2.54 bits per heavy atom. The van der Waals surface area contributed by atoms with Gasteiger partial charge in [0.2, 0.25) is 5.90 Å². The third kappa shape index (κ3) is 3.65. The van der Waals surface area contributed by atoms with E-state index in [-0.39, 0.29) is 17.2 Å².